The number of carboxylic acids is 1. The minimum atomic E-state index is -1.18. The van der Waals surface area contributed by atoms with Crippen molar-refractivity contribution >= 4 is 12.0 Å². The van der Waals surface area contributed by atoms with Crippen LogP contribution >= 0.6 is 0 Å². The van der Waals surface area contributed by atoms with Gasteiger partial charge >= 0.3 is 12.0 Å². The summed E-state index contributed by atoms with van der Waals surface area (Å²) in [4.78, 5) is 23.8. The largest absolute Gasteiger partial charge is 0.480 e. The van der Waals surface area contributed by atoms with Crippen LogP contribution in [0.15, 0.2) is 0 Å². The molecule has 0 aliphatic heterocycles. The Morgan fingerprint density at radius 1 is 1.53 bits per heavy atom. The van der Waals surface area contributed by atoms with E-state index in [2.05, 4.69) is 11.2 Å². The number of nitrogens with one attached hydrogen (secondary N) is 1. The minimum Gasteiger partial charge on any atom is -0.480 e. The van der Waals surface area contributed by atoms with Gasteiger partial charge in [0.05, 0.1) is 6.54 Å². The number of carbonyl (C=O) groups excluding carboxylic acids is 1. The number of carboxylic acid groups (broad SMARTS) is 1. The molecule has 0 fully saturated rings. The first kappa shape index (κ1) is 15.3. The number of hydrogen-bond acceptors (Lipinski definition) is 3. The van der Waals surface area contributed by atoms with Crippen LogP contribution in [0.2, 0.25) is 0 Å². The Labute approximate surface area is 101 Å². The van der Waals surface area contributed by atoms with Crippen molar-refractivity contribution in [2.45, 2.75) is 25.8 Å². The lowest BCUT2D eigenvalue weighted by atomic mass is 10.2. The Bertz CT molecular complexity index is 298. The molecule has 0 unspecified atom stereocenters. The SMILES string of the molecule is C#CCN(CCC)C(=O)N[C@@H](CCO)C(=O)O. The molecular formula is C11H18N2O4. The number of terminal acetylenes is 1. The molecule has 0 aliphatic rings. The summed E-state index contributed by atoms with van der Waals surface area (Å²) in [6, 6.07) is -1.62. The van der Waals surface area contributed by atoms with E-state index in [0.717, 1.165) is 6.42 Å². The van der Waals surface area contributed by atoms with Crippen LogP contribution in [0.1, 0.15) is 19.8 Å². The summed E-state index contributed by atoms with van der Waals surface area (Å²) in [5, 5.41) is 19.8. The molecule has 0 bridgehead atoms. The first-order chi connectivity index (χ1) is 8.06. The molecule has 17 heavy (non-hydrogen) atoms. The number of urea groups is 1. The van der Waals surface area contributed by atoms with Crippen molar-refractivity contribution in [3.63, 3.8) is 0 Å². The predicted molar refractivity (Wildman–Crippen MR) is 62.4 cm³/mol. The van der Waals surface area contributed by atoms with Crippen LogP contribution < -0.4 is 5.32 Å². The maximum atomic E-state index is 11.7. The molecule has 0 aromatic carbocycles. The van der Waals surface area contributed by atoms with E-state index in [1.807, 2.05) is 6.92 Å². The fraction of sp³-hybridized carbons (Fsp3) is 0.636. The van der Waals surface area contributed by atoms with Crippen LogP contribution in [0, 0.1) is 12.3 Å². The molecule has 0 heterocycles. The predicted octanol–water partition coefficient (Wildman–Crippen LogP) is -0.123. The summed E-state index contributed by atoms with van der Waals surface area (Å²) >= 11 is 0. The molecule has 0 aromatic rings. The van der Waals surface area contributed by atoms with Crippen molar-refractivity contribution in [2.75, 3.05) is 19.7 Å². The zero-order valence-corrected chi connectivity index (χ0v) is 9.85. The average molecular weight is 242 g/mol. The molecule has 96 valence electrons. The first-order valence-electron chi connectivity index (χ1n) is 5.39. The lowest BCUT2D eigenvalue weighted by Crippen LogP contribution is -2.48. The van der Waals surface area contributed by atoms with Gasteiger partial charge in [-0.2, -0.15) is 0 Å². The summed E-state index contributed by atoms with van der Waals surface area (Å²) in [5.74, 6) is 1.16. The Morgan fingerprint density at radius 2 is 2.18 bits per heavy atom. The molecule has 0 spiro atoms. The zero-order valence-electron chi connectivity index (χ0n) is 9.85. The summed E-state index contributed by atoms with van der Waals surface area (Å²) in [6.07, 6.45) is 5.82. The van der Waals surface area contributed by atoms with Gasteiger partial charge in [0, 0.05) is 19.6 Å². The van der Waals surface area contributed by atoms with Crippen LogP contribution in [0.4, 0.5) is 4.79 Å². The molecule has 0 radical (unpaired) electrons. The van der Waals surface area contributed by atoms with Crippen molar-refractivity contribution < 1.29 is 19.8 Å². The van der Waals surface area contributed by atoms with E-state index in [4.69, 9.17) is 16.6 Å². The minimum absolute atomic E-state index is 0.0307. The third-order valence-corrected chi connectivity index (χ3v) is 2.08. The molecule has 0 saturated carbocycles. The van der Waals surface area contributed by atoms with Crippen LogP contribution in [0.5, 0.6) is 0 Å². The van der Waals surface area contributed by atoms with E-state index < -0.39 is 18.0 Å². The highest BCUT2D eigenvalue weighted by Crippen LogP contribution is 1.97. The van der Waals surface area contributed by atoms with Gasteiger partial charge in [-0.3, -0.25) is 0 Å². The van der Waals surface area contributed by atoms with Crippen molar-refractivity contribution in [3.05, 3.63) is 0 Å². The summed E-state index contributed by atoms with van der Waals surface area (Å²) < 4.78 is 0. The van der Waals surface area contributed by atoms with E-state index >= 15 is 0 Å². The molecular weight excluding hydrogens is 224 g/mol. The number of aliphatic carboxylic acids is 1. The summed E-state index contributed by atoms with van der Waals surface area (Å²) in [6.45, 7) is 2.17. The maximum Gasteiger partial charge on any atom is 0.326 e. The Morgan fingerprint density at radius 3 is 2.59 bits per heavy atom. The number of carbonyl (C=O) groups is 2. The number of hydrogen-bond donors (Lipinski definition) is 3. The lowest BCUT2D eigenvalue weighted by molar-refractivity contribution is -0.139. The number of amides is 2. The first-order valence-corrected chi connectivity index (χ1v) is 5.39. The standard InChI is InChI=1S/C11H18N2O4/c1-3-6-13(7-4-2)11(17)12-9(5-8-14)10(15)16/h1,9,14H,4-8H2,2H3,(H,12,17)(H,15,16)/t9-/m0/s1. The van der Waals surface area contributed by atoms with Crippen molar-refractivity contribution in [1.29, 1.82) is 0 Å². The third kappa shape index (κ3) is 5.78. The second kappa shape index (κ2) is 8.42. The van der Waals surface area contributed by atoms with E-state index in [-0.39, 0.29) is 19.6 Å². The maximum absolute atomic E-state index is 11.7. The van der Waals surface area contributed by atoms with Gasteiger partial charge in [0.2, 0.25) is 0 Å². The topological polar surface area (TPSA) is 89.9 Å². The van der Waals surface area contributed by atoms with E-state index in [0.29, 0.717) is 6.54 Å². The van der Waals surface area contributed by atoms with Gasteiger partial charge < -0.3 is 20.4 Å². The quantitative estimate of drug-likeness (QED) is 0.543. The van der Waals surface area contributed by atoms with Crippen molar-refractivity contribution in [3.8, 4) is 12.3 Å². The molecule has 3 N–H and O–H groups in total. The highest BCUT2D eigenvalue weighted by atomic mass is 16.4. The summed E-state index contributed by atoms with van der Waals surface area (Å²) in [7, 11) is 0. The van der Waals surface area contributed by atoms with Gasteiger partial charge in [-0.15, -0.1) is 6.42 Å². The normalized spacial score (nSPS) is 11.4. The molecule has 0 rings (SSSR count). The van der Waals surface area contributed by atoms with Crippen LogP contribution in [0.25, 0.3) is 0 Å². The van der Waals surface area contributed by atoms with Crippen LogP contribution in [-0.2, 0) is 4.79 Å². The average Bonchev–Trinajstić information content (AvgIpc) is 2.28. The number of aliphatic hydroxyl groups excluding tert-OH is 1. The second-order valence-corrected chi connectivity index (χ2v) is 3.48. The van der Waals surface area contributed by atoms with Gasteiger partial charge in [-0.25, -0.2) is 9.59 Å². The van der Waals surface area contributed by atoms with Gasteiger partial charge in [0.25, 0.3) is 0 Å². The Balaban J connectivity index is 4.45. The molecule has 0 aromatic heterocycles. The van der Waals surface area contributed by atoms with E-state index in [1.165, 1.54) is 4.90 Å². The van der Waals surface area contributed by atoms with E-state index in [9.17, 15) is 9.59 Å². The van der Waals surface area contributed by atoms with Crippen molar-refractivity contribution in [1.82, 2.24) is 10.2 Å². The lowest BCUT2D eigenvalue weighted by Gasteiger charge is -2.22. The third-order valence-electron chi connectivity index (χ3n) is 2.08. The number of rotatable bonds is 7. The van der Waals surface area contributed by atoms with Crippen molar-refractivity contribution in [2.24, 2.45) is 0 Å². The number of nitrogens with zero attached hydrogens (tertiary/aromatic N) is 1. The molecule has 2 amide bonds. The Hall–Kier alpha value is -1.74. The Kier molecular flexibility index (Phi) is 7.55. The monoisotopic (exact) mass is 242 g/mol. The highest BCUT2D eigenvalue weighted by Gasteiger charge is 2.21. The second-order valence-electron chi connectivity index (χ2n) is 3.48. The zero-order chi connectivity index (χ0) is 13.3. The van der Waals surface area contributed by atoms with Gasteiger partial charge in [-0.1, -0.05) is 12.8 Å². The highest BCUT2D eigenvalue weighted by molar-refractivity contribution is 5.82. The molecule has 0 saturated heterocycles. The van der Waals surface area contributed by atoms with Crippen LogP contribution in [0.3, 0.4) is 0 Å². The number of aliphatic hydroxyl groups is 1. The molecule has 6 heteroatoms. The molecule has 1 atom stereocenters. The summed E-state index contributed by atoms with van der Waals surface area (Å²) in [5.41, 5.74) is 0. The fourth-order valence-electron chi connectivity index (χ4n) is 1.26. The smallest absolute Gasteiger partial charge is 0.326 e. The van der Waals surface area contributed by atoms with Gasteiger partial charge in [-0.05, 0) is 6.42 Å². The molecule has 6 nitrogen and oxygen atoms in total. The van der Waals surface area contributed by atoms with Gasteiger partial charge in [0.15, 0.2) is 0 Å². The van der Waals surface area contributed by atoms with Crippen LogP contribution in [-0.4, -0.2) is 52.9 Å². The fourth-order valence-corrected chi connectivity index (χ4v) is 1.26. The molecule has 0 aliphatic carbocycles. The van der Waals surface area contributed by atoms with E-state index in [1.54, 1.807) is 0 Å². The van der Waals surface area contributed by atoms with Gasteiger partial charge in [0.1, 0.15) is 6.04 Å².